The first kappa shape index (κ1) is 16.9. The second kappa shape index (κ2) is 8.22. The van der Waals surface area contributed by atoms with Crippen molar-refractivity contribution in [1.82, 2.24) is 20.1 Å². The second-order valence-electron chi connectivity index (χ2n) is 5.92. The van der Waals surface area contributed by atoms with Crippen LogP contribution in [0.1, 0.15) is 12.5 Å². The van der Waals surface area contributed by atoms with E-state index in [1.165, 1.54) is 0 Å². The third-order valence-electron chi connectivity index (χ3n) is 3.76. The first-order valence-corrected chi connectivity index (χ1v) is 7.75. The molecule has 0 aliphatic carbocycles. The molecule has 1 N–H and O–H groups in total. The maximum Gasteiger partial charge on any atom is 0.234 e. The third kappa shape index (κ3) is 5.05. The van der Waals surface area contributed by atoms with Crippen LogP contribution >= 0.6 is 0 Å². The Balaban J connectivity index is 1.79. The summed E-state index contributed by atoms with van der Waals surface area (Å²) in [4.78, 5) is 20.5. The van der Waals surface area contributed by atoms with Crippen LogP contribution in [0.4, 0.5) is 0 Å². The first-order valence-electron chi connectivity index (χ1n) is 7.75. The molecule has 0 unspecified atom stereocenters. The number of nitrogens with zero attached hydrogens (tertiary/aromatic N) is 3. The van der Waals surface area contributed by atoms with Gasteiger partial charge in [0, 0.05) is 38.6 Å². The van der Waals surface area contributed by atoms with Crippen molar-refractivity contribution in [1.29, 1.82) is 0 Å². The van der Waals surface area contributed by atoms with E-state index < -0.39 is 0 Å². The summed E-state index contributed by atoms with van der Waals surface area (Å²) in [6.45, 7) is 5.44. The van der Waals surface area contributed by atoms with Gasteiger partial charge in [-0.1, -0.05) is 6.07 Å². The topological polar surface area (TPSA) is 57.7 Å². The van der Waals surface area contributed by atoms with Crippen molar-refractivity contribution >= 4 is 5.91 Å². The van der Waals surface area contributed by atoms with Crippen molar-refractivity contribution in [2.24, 2.45) is 0 Å². The number of carbonyl (C=O) groups is 1. The van der Waals surface area contributed by atoms with Crippen LogP contribution in [0, 0.1) is 0 Å². The van der Waals surface area contributed by atoms with Crippen LogP contribution in [0.5, 0.6) is 0 Å². The molecule has 1 aromatic rings. The third-order valence-corrected chi connectivity index (χ3v) is 3.76. The van der Waals surface area contributed by atoms with Gasteiger partial charge in [-0.2, -0.15) is 0 Å². The molecular weight excluding hydrogens is 280 g/mol. The standard InChI is InChI=1S/C16H26N4O2/c1-4-22-15-11-20(3)10-14(15)18-16(21)12-19(2)9-13-6-5-7-17-8-13/h5-8,14-15H,4,9-12H2,1-3H3,(H,18,21)/t14-,15-/m0/s1. The van der Waals surface area contributed by atoms with Gasteiger partial charge in [-0.25, -0.2) is 0 Å². The molecule has 2 heterocycles. The molecule has 1 saturated heterocycles. The van der Waals surface area contributed by atoms with Gasteiger partial charge in [0.1, 0.15) is 0 Å². The van der Waals surface area contributed by atoms with Crippen LogP contribution < -0.4 is 5.32 Å². The molecule has 1 aliphatic heterocycles. The molecule has 0 spiro atoms. The molecule has 1 aromatic heterocycles. The van der Waals surface area contributed by atoms with E-state index in [4.69, 9.17) is 4.74 Å². The minimum atomic E-state index is 0.0383. The summed E-state index contributed by atoms with van der Waals surface area (Å²) in [5.74, 6) is 0.0383. The number of carbonyl (C=O) groups excluding carboxylic acids is 1. The lowest BCUT2D eigenvalue weighted by Crippen LogP contribution is -2.47. The predicted molar refractivity (Wildman–Crippen MR) is 85.4 cm³/mol. The molecule has 0 saturated carbocycles. The lowest BCUT2D eigenvalue weighted by atomic mass is 10.2. The van der Waals surface area contributed by atoms with Crippen LogP contribution in [-0.4, -0.2) is 73.2 Å². The molecular formula is C16H26N4O2. The normalized spacial score (nSPS) is 22.2. The fourth-order valence-electron chi connectivity index (χ4n) is 2.84. The van der Waals surface area contributed by atoms with Gasteiger partial charge in [0.2, 0.25) is 5.91 Å². The van der Waals surface area contributed by atoms with Crippen LogP contribution in [0.3, 0.4) is 0 Å². The van der Waals surface area contributed by atoms with Crippen LogP contribution in [0.25, 0.3) is 0 Å². The smallest absolute Gasteiger partial charge is 0.234 e. The number of nitrogens with one attached hydrogen (secondary N) is 1. The summed E-state index contributed by atoms with van der Waals surface area (Å²) in [5, 5.41) is 3.10. The van der Waals surface area contributed by atoms with Gasteiger partial charge >= 0.3 is 0 Å². The van der Waals surface area contributed by atoms with Crippen molar-refractivity contribution in [3.8, 4) is 0 Å². The first-order chi connectivity index (χ1) is 10.6. The molecule has 1 aliphatic rings. The number of likely N-dealkylation sites (N-methyl/N-ethyl adjacent to an activating group) is 2. The highest BCUT2D eigenvalue weighted by atomic mass is 16.5. The van der Waals surface area contributed by atoms with Gasteiger partial charge in [-0.15, -0.1) is 0 Å². The summed E-state index contributed by atoms with van der Waals surface area (Å²) >= 11 is 0. The maximum absolute atomic E-state index is 12.2. The molecule has 22 heavy (non-hydrogen) atoms. The summed E-state index contributed by atoms with van der Waals surface area (Å²) in [7, 11) is 3.99. The van der Waals surface area contributed by atoms with Crippen molar-refractivity contribution in [3.05, 3.63) is 30.1 Å². The average molecular weight is 306 g/mol. The van der Waals surface area contributed by atoms with Gasteiger partial charge in [0.15, 0.2) is 0 Å². The Kier molecular flexibility index (Phi) is 6.30. The summed E-state index contributed by atoms with van der Waals surface area (Å²) < 4.78 is 5.71. The lowest BCUT2D eigenvalue weighted by molar-refractivity contribution is -0.123. The van der Waals surface area contributed by atoms with Crippen molar-refractivity contribution in [3.63, 3.8) is 0 Å². The van der Waals surface area contributed by atoms with Gasteiger partial charge in [0.05, 0.1) is 18.7 Å². The number of rotatable bonds is 7. The number of pyridine rings is 1. The number of hydrogen-bond donors (Lipinski definition) is 1. The highest BCUT2D eigenvalue weighted by Crippen LogP contribution is 2.12. The largest absolute Gasteiger partial charge is 0.375 e. The van der Waals surface area contributed by atoms with Crippen LogP contribution in [0.2, 0.25) is 0 Å². The Morgan fingerprint density at radius 2 is 2.36 bits per heavy atom. The zero-order valence-corrected chi connectivity index (χ0v) is 13.7. The summed E-state index contributed by atoms with van der Waals surface area (Å²) in [6.07, 6.45) is 3.66. The van der Waals surface area contributed by atoms with Crippen molar-refractivity contribution in [2.45, 2.75) is 25.6 Å². The number of hydrogen-bond acceptors (Lipinski definition) is 5. The minimum absolute atomic E-state index is 0.0383. The summed E-state index contributed by atoms with van der Waals surface area (Å²) in [6, 6.07) is 3.99. The molecule has 6 heteroatoms. The van der Waals surface area contributed by atoms with E-state index in [-0.39, 0.29) is 18.1 Å². The number of aromatic nitrogens is 1. The zero-order chi connectivity index (χ0) is 15.9. The Labute approximate surface area is 132 Å². The quantitative estimate of drug-likeness (QED) is 0.788. The Morgan fingerprint density at radius 3 is 3.05 bits per heavy atom. The van der Waals surface area contributed by atoms with Gasteiger partial charge in [0.25, 0.3) is 0 Å². The van der Waals surface area contributed by atoms with Gasteiger partial charge < -0.3 is 15.0 Å². The number of amides is 1. The molecule has 6 nitrogen and oxygen atoms in total. The molecule has 122 valence electrons. The van der Waals surface area contributed by atoms with E-state index in [9.17, 15) is 4.79 Å². The number of likely N-dealkylation sites (tertiary alicyclic amines) is 1. The zero-order valence-electron chi connectivity index (χ0n) is 13.7. The van der Waals surface area contributed by atoms with Crippen LogP contribution in [0.15, 0.2) is 24.5 Å². The Hall–Kier alpha value is -1.50. The monoisotopic (exact) mass is 306 g/mol. The number of ether oxygens (including phenoxy) is 1. The highest BCUT2D eigenvalue weighted by Gasteiger charge is 2.32. The molecule has 0 bridgehead atoms. The lowest BCUT2D eigenvalue weighted by Gasteiger charge is -2.22. The summed E-state index contributed by atoms with van der Waals surface area (Å²) in [5.41, 5.74) is 1.10. The second-order valence-corrected chi connectivity index (χ2v) is 5.92. The van der Waals surface area contributed by atoms with E-state index >= 15 is 0 Å². The Bertz CT molecular complexity index is 468. The fraction of sp³-hybridized carbons (Fsp3) is 0.625. The molecule has 2 atom stereocenters. The van der Waals surface area contributed by atoms with Crippen molar-refractivity contribution in [2.75, 3.05) is 40.3 Å². The van der Waals surface area contributed by atoms with E-state index in [1.54, 1.807) is 6.20 Å². The molecule has 2 rings (SSSR count). The maximum atomic E-state index is 12.2. The van der Waals surface area contributed by atoms with Crippen LogP contribution in [-0.2, 0) is 16.1 Å². The molecule has 0 aromatic carbocycles. The van der Waals surface area contributed by atoms with Crippen molar-refractivity contribution < 1.29 is 9.53 Å². The highest BCUT2D eigenvalue weighted by molar-refractivity contribution is 5.78. The van der Waals surface area contributed by atoms with Gasteiger partial charge in [-0.3, -0.25) is 14.7 Å². The molecule has 1 fully saturated rings. The molecule has 1 amide bonds. The van der Waals surface area contributed by atoms with E-state index in [1.807, 2.05) is 44.2 Å². The van der Waals surface area contributed by atoms with E-state index in [2.05, 4.69) is 15.2 Å². The predicted octanol–water partition coefficient (Wildman–Crippen LogP) is 0.349. The fourth-order valence-corrected chi connectivity index (χ4v) is 2.84. The van der Waals surface area contributed by atoms with Gasteiger partial charge in [-0.05, 0) is 32.6 Å². The van der Waals surface area contributed by atoms with E-state index in [0.717, 1.165) is 18.7 Å². The molecule has 0 radical (unpaired) electrons. The van der Waals surface area contributed by atoms with E-state index in [0.29, 0.717) is 19.7 Å². The Morgan fingerprint density at radius 1 is 1.55 bits per heavy atom. The SMILES string of the molecule is CCO[C@H]1CN(C)C[C@@H]1NC(=O)CN(C)Cc1cccnc1. The minimum Gasteiger partial charge on any atom is -0.375 e. The average Bonchev–Trinajstić information content (AvgIpc) is 2.79.